The Morgan fingerprint density at radius 1 is 1.00 bits per heavy atom. The quantitative estimate of drug-likeness (QED) is 0.146. The second-order valence-corrected chi connectivity index (χ2v) is 7.64. The van der Waals surface area contributed by atoms with Crippen molar-refractivity contribution in [3.8, 4) is 16.9 Å². The number of halogens is 1. The lowest BCUT2D eigenvalue weighted by molar-refractivity contribution is -0.384. The maximum Gasteiger partial charge on any atom is 0.270 e. The van der Waals surface area contributed by atoms with Crippen LogP contribution in [0.25, 0.3) is 23.0 Å². The normalized spacial score (nSPS) is 11.0. The molecule has 0 bridgehead atoms. The van der Waals surface area contributed by atoms with E-state index < -0.39 is 4.92 Å². The van der Waals surface area contributed by atoms with Crippen molar-refractivity contribution in [3.63, 3.8) is 0 Å². The number of carbonyl (C=O) groups excluding carboxylic acids is 1. The van der Waals surface area contributed by atoms with E-state index in [4.69, 9.17) is 0 Å². The number of rotatable bonds is 6. The van der Waals surface area contributed by atoms with Crippen LogP contribution in [-0.2, 0) is 0 Å². The molecule has 4 rings (SSSR count). The summed E-state index contributed by atoms with van der Waals surface area (Å²) in [5.41, 5.74) is 3.20. The number of para-hydroxylation sites is 1. The van der Waals surface area contributed by atoms with Crippen LogP contribution in [0.5, 0.6) is 0 Å². The van der Waals surface area contributed by atoms with Gasteiger partial charge in [0.15, 0.2) is 5.78 Å². The molecule has 3 aromatic carbocycles. The zero-order chi connectivity index (χ0) is 21.8. The Bertz CT molecular complexity index is 1280. The van der Waals surface area contributed by atoms with Gasteiger partial charge in [-0.25, -0.2) is 4.68 Å². The van der Waals surface area contributed by atoms with E-state index in [0.717, 1.165) is 10.2 Å². The molecule has 1 heterocycles. The monoisotopic (exact) mass is 473 g/mol. The second kappa shape index (κ2) is 8.89. The van der Waals surface area contributed by atoms with E-state index in [0.29, 0.717) is 22.4 Å². The lowest BCUT2D eigenvalue weighted by Gasteiger charge is -2.01. The molecular weight excluding hydrogens is 458 g/mol. The molecule has 0 saturated carbocycles. The Morgan fingerprint density at radius 2 is 1.74 bits per heavy atom. The number of allylic oxidation sites excluding steroid dienone is 1. The first-order valence-electron chi connectivity index (χ1n) is 9.39. The van der Waals surface area contributed by atoms with Crippen molar-refractivity contribution in [2.75, 3.05) is 0 Å². The summed E-state index contributed by atoms with van der Waals surface area (Å²) in [6.07, 6.45) is 4.97. The predicted molar refractivity (Wildman–Crippen MR) is 123 cm³/mol. The Hall–Kier alpha value is -3.84. The first kappa shape index (κ1) is 20.4. The highest BCUT2D eigenvalue weighted by Crippen LogP contribution is 2.28. The third-order valence-corrected chi connectivity index (χ3v) is 5.17. The van der Waals surface area contributed by atoms with Gasteiger partial charge >= 0.3 is 0 Å². The van der Waals surface area contributed by atoms with Crippen LogP contribution in [0.3, 0.4) is 0 Å². The van der Waals surface area contributed by atoms with Crippen molar-refractivity contribution >= 4 is 33.5 Å². The Morgan fingerprint density at radius 3 is 2.45 bits per heavy atom. The van der Waals surface area contributed by atoms with Crippen LogP contribution >= 0.6 is 15.9 Å². The number of non-ortho nitro benzene ring substituents is 1. The van der Waals surface area contributed by atoms with E-state index in [1.165, 1.54) is 18.2 Å². The van der Waals surface area contributed by atoms with Crippen molar-refractivity contribution in [1.29, 1.82) is 0 Å². The van der Waals surface area contributed by atoms with Gasteiger partial charge in [0.1, 0.15) is 5.69 Å². The molecule has 0 saturated heterocycles. The number of nitrogens with zero attached hydrogens (tertiary/aromatic N) is 3. The van der Waals surface area contributed by atoms with E-state index >= 15 is 0 Å². The fourth-order valence-electron chi connectivity index (χ4n) is 3.09. The van der Waals surface area contributed by atoms with Crippen LogP contribution in [0.15, 0.2) is 95.6 Å². The first-order valence-corrected chi connectivity index (χ1v) is 10.2. The number of nitro groups is 1. The molecule has 6 nitrogen and oxygen atoms in total. The van der Waals surface area contributed by atoms with Crippen LogP contribution in [0, 0.1) is 10.1 Å². The van der Waals surface area contributed by atoms with Crippen LogP contribution < -0.4 is 0 Å². The number of nitro benzene ring substituents is 1. The number of carbonyl (C=O) groups is 1. The van der Waals surface area contributed by atoms with Crippen molar-refractivity contribution in [1.82, 2.24) is 9.78 Å². The van der Waals surface area contributed by atoms with E-state index in [1.807, 2.05) is 42.5 Å². The molecule has 0 fully saturated rings. The minimum Gasteiger partial charge on any atom is -0.289 e. The van der Waals surface area contributed by atoms with Gasteiger partial charge in [-0.05, 0) is 48.6 Å². The number of benzene rings is 3. The standard InChI is InChI=1S/C24H16BrN3O3/c25-20-12-9-17(10-13-20)23(29)14-11-19-16-27(21-6-2-1-3-7-21)26-24(19)18-5-4-8-22(15-18)28(30)31/h1-16H/b14-11-. The van der Waals surface area contributed by atoms with Gasteiger partial charge in [0.05, 0.1) is 10.6 Å². The molecule has 0 spiro atoms. The number of hydrogen-bond acceptors (Lipinski definition) is 4. The summed E-state index contributed by atoms with van der Waals surface area (Å²) < 4.78 is 2.59. The third kappa shape index (κ3) is 4.67. The summed E-state index contributed by atoms with van der Waals surface area (Å²) in [5, 5.41) is 15.8. The van der Waals surface area contributed by atoms with Crippen LogP contribution in [0.1, 0.15) is 15.9 Å². The molecule has 0 aliphatic rings. The average Bonchev–Trinajstić information content (AvgIpc) is 3.23. The average molecular weight is 474 g/mol. The smallest absolute Gasteiger partial charge is 0.270 e. The van der Waals surface area contributed by atoms with Gasteiger partial charge in [0.25, 0.3) is 5.69 Å². The van der Waals surface area contributed by atoms with Crippen LogP contribution in [0.2, 0.25) is 0 Å². The van der Waals surface area contributed by atoms with Crippen LogP contribution in [-0.4, -0.2) is 20.5 Å². The Balaban J connectivity index is 1.76. The summed E-state index contributed by atoms with van der Waals surface area (Å²) in [4.78, 5) is 23.3. The van der Waals surface area contributed by atoms with Gasteiger partial charge in [0, 0.05) is 39.5 Å². The Labute approximate surface area is 186 Å². The minimum absolute atomic E-state index is 0.0207. The van der Waals surface area contributed by atoms with Crippen LogP contribution in [0.4, 0.5) is 5.69 Å². The van der Waals surface area contributed by atoms with Gasteiger partial charge in [-0.2, -0.15) is 5.10 Å². The van der Waals surface area contributed by atoms with E-state index in [9.17, 15) is 14.9 Å². The predicted octanol–water partition coefficient (Wildman–Crippen LogP) is 6.11. The fourth-order valence-corrected chi connectivity index (χ4v) is 3.35. The second-order valence-electron chi connectivity index (χ2n) is 6.73. The molecule has 0 aliphatic carbocycles. The van der Waals surface area contributed by atoms with Crippen molar-refractivity contribution in [2.24, 2.45) is 0 Å². The summed E-state index contributed by atoms with van der Waals surface area (Å²) in [6, 6.07) is 22.9. The molecule has 0 N–H and O–H groups in total. The largest absolute Gasteiger partial charge is 0.289 e. The molecule has 7 heteroatoms. The SMILES string of the molecule is O=C(/C=C\c1cn(-c2ccccc2)nc1-c1cccc([N+](=O)[O-])c1)c1ccc(Br)cc1. The highest BCUT2D eigenvalue weighted by molar-refractivity contribution is 9.10. The Kier molecular flexibility index (Phi) is 5.86. The molecule has 0 atom stereocenters. The highest BCUT2D eigenvalue weighted by Gasteiger charge is 2.14. The van der Waals surface area contributed by atoms with Crippen molar-refractivity contribution in [2.45, 2.75) is 0 Å². The third-order valence-electron chi connectivity index (χ3n) is 4.64. The molecule has 0 unspecified atom stereocenters. The summed E-state index contributed by atoms with van der Waals surface area (Å²) >= 11 is 3.36. The van der Waals surface area contributed by atoms with Gasteiger partial charge < -0.3 is 0 Å². The molecule has 0 aliphatic heterocycles. The zero-order valence-electron chi connectivity index (χ0n) is 16.2. The molecule has 0 amide bonds. The van der Waals surface area contributed by atoms with E-state index in [-0.39, 0.29) is 11.5 Å². The maximum absolute atomic E-state index is 12.6. The number of ketones is 1. The topological polar surface area (TPSA) is 78.0 Å². The number of hydrogen-bond donors (Lipinski definition) is 0. The fraction of sp³-hybridized carbons (Fsp3) is 0. The molecule has 152 valence electrons. The maximum atomic E-state index is 12.6. The molecular formula is C24H16BrN3O3. The molecule has 4 aromatic rings. The highest BCUT2D eigenvalue weighted by atomic mass is 79.9. The van der Waals surface area contributed by atoms with Gasteiger partial charge in [-0.15, -0.1) is 0 Å². The van der Waals surface area contributed by atoms with E-state index in [2.05, 4.69) is 21.0 Å². The van der Waals surface area contributed by atoms with Gasteiger partial charge in [0.2, 0.25) is 0 Å². The van der Waals surface area contributed by atoms with Crippen molar-refractivity contribution in [3.05, 3.63) is 117 Å². The van der Waals surface area contributed by atoms with Crippen molar-refractivity contribution < 1.29 is 9.72 Å². The van der Waals surface area contributed by atoms with E-state index in [1.54, 1.807) is 41.2 Å². The molecule has 0 radical (unpaired) electrons. The molecule has 1 aromatic heterocycles. The summed E-state index contributed by atoms with van der Waals surface area (Å²) in [7, 11) is 0. The zero-order valence-corrected chi connectivity index (χ0v) is 17.8. The lowest BCUT2D eigenvalue weighted by Crippen LogP contribution is -1.94. The molecule has 31 heavy (non-hydrogen) atoms. The minimum atomic E-state index is -0.440. The van der Waals surface area contributed by atoms with Gasteiger partial charge in [-0.3, -0.25) is 14.9 Å². The number of aromatic nitrogens is 2. The summed E-state index contributed by atoms with van der Waals surface area (Å²) in [6.45, 7) is 0. The lowest BCUT2D eigenvalue weighted by atomic mass is 10.1. The van der Waals surface area contributed by atoms with Gasteiger partial charge in [-0.1, -0.05) is 46.3 Å². The summed E-state index contributed by atoms with van der Waals surface area (Å²) in [5.74, 6) is -0.148. The first-order chi connectivity index (χ1) is 15.0.